The summed E-state index contributed by atoms with van der Waals surface area (Å²) in [7, 11) is -3.16. The maximum atomic E-state index is 11.8. The second kappa shape index (κ2) is 6.37. The zero-order valence-corrected chi connectivity index (χ0v) is 14.2. The van der Waals surface area contributed by atoms with Crippen LogP contribution >= 0.6 is 0 Å². The number of piperidine rings is 1. The van der Waals surface area contributed by atoms with Crippen molar-refractivity contribution in [2.24, 2.45) is 0 Å². The van der Waals surface area contributed by atoms with Crippen molar-refractivity contribution < 1.29 is 8.42 Å². The molecule has 1 saturated heterocycles. The summed E-state index contributed by atoms with van der Waals surface area (Å²) in [4.78, 5) is 8.98. The Morgan fingerprint density at radius 2 is 2.13 bits per heavy atom. The number of sulfonamides is 1. The van der Waals surface area contributed by atoms with Gasteiger partial charge in [0.05, 0.1) is 30.0 Å². The largest absolute Gasteiger partial charge is 0.272 e. The van der Waals surface area contributed by atoms with Crippen molar-refractivity contribution in [3.63, 3.8) is 0 Å². The second-order valence-electron chi connectivity index (χ2n) is 5.87. The molecule has 0 bridgehead atoms. The SMILES string of the molecule is CCn1cc(-c2cncc(C3CCCN(S(C)(=O)=O)C3)n2)cn1. The molecule has 8 heteroatoms. The van der Waals surface area contributed by atoms with Gasteiger partial charge in [0.1, 0.15) is 0 Å². The molecule has 1 atom stereocenters. The van der Waals surface area contributed by atoms with Gasteiger partial charge in [-0.25, -0.2) is 17.7 Å². The van der Waals surface area contributed by atoms with E-state index in [1.807, 2.05) is 17.8 Å². The lowest BCUT2D eigenvalue weighted by Gasteiger charge is -2.30. The Bertz CT molecular complexity index is 787. The maximum absolute atomic E-state index is 11.8. The minimum absolute atomic E-state index is 0.0899. The molecule has 1 aliphatic heterocycles. The van der Waals surface area contributed by atoms with Crippen LogP contribution in [0.4, 0.5) is 0 Å². The molecular weight excluding hydrogens is 314 g/mol. The lowest BCUT2D eigenvalue weighted by atomic mass is 9.96. The summed E-state index contributed by atoms with van der Waals surface area (Å²) < 4.78 is 26.9. The Hall–Kier alpha value is -1.80. The van der Waals surface area contributed by atoms with Crippen molar-refractivity contribution in [1.82, 2.24) is 24.1 Å². The molecule has 0 aliphatic carbocycles. The Labute approximate surface area is 136 Å². The first-order valence-corrected chi connectivity index (χ1v) is 9.62. The van der Waals surface area contributed by atoms with Gasteiger partial charge in [-0.15, -0.1) is 0 Å². The summed E-state index contributed by atoms with van der Waals surface area (Å²) in [5, 5.41) is 4.26. The molecule has 1 fully saturated rings. The predicted molar refractivity (Wildman–Crippen MR) is 87.3 cm³/mol. The molecule has 0 aromatic carbocycles. The zero-order chi connectivity index (χ0) is 16.4. The fraction of sp³-hybridized carbons (Fsp3) is 0.533. The van der Waals surface area contributed by atoms with Crippen molar-refractivity contribution in [2.45, 2.75) is 32.2 Å². The first kappa shape index (κ1) is 16.1. The van der Waals surface area contributed by atoms with E-state index < -0.39 is 10.0 Å². The molecule has 124 valence electrons. The number of aryl methyl sites for hydroxylation is 1. The molecule has 2 aromatic heterocycles. The van der Waals surface area contributed by atoms with E-state index in [9.17, 15) is 8.42 Å². The van der Waals surface area contributed by atoms with E-state index in [1.165, 1.54) is 10.6 Å². The highest BCUT2D eigenvalue weighted by atomic mass is 32.2. The van der Waals surface area contributed by atoms with Gasteiger partial charge in [-0.1, -0.05) is 0 Å². The first-order valence-electron chi connectivity index (χ1n) is 7.77. The molecule has 0 radical (unpaired) electrons. The molecule has 23 heavy (non-hydrogen) atoms. The molecule has 0 spiro atoms. The Balaban J connectivity index is 1.84. The van der Waals surface area contributed by atoms with Crippen LogP contribution in [0.15, 0.2) is 24.8 Å². The summed E-state index contributed by atoms with van der Waals surface area (Å²) in [6, 6.07) is 0. The van der Waals surface area contributed by atoms with Gasteiger partial charge < -0.3 is 0 Å². The van der Waals surface area contributed by atoms with Crippen LogP contribution in [0.2, 0.25) is 0 Å². The monoisotopic (exact) mass is 335 g/mol. The molecule has 1 aliphatic rings. The van der Waals surface area contributed by atoms with Gasteiger partial charge in [-0.2, -0.15) is 5.10 Å². The van der Waals surface area contributed by atoms with Gasteiger partial charge in [-0.05, 0) is 19.8 Å². The van der Waals surface area contributed by atoms with E-state index in [4.69, 9.17) is 4.98 Å². The summed E-state index contributed by atoms with van der Waals surface area (Å²) in [6.45, 7) is 3.90. The second-order valence-corrected chi connectivity index (χ2v) is 7.86. The van der Waals surface area contributed by atoms with E-state index in [2.05, 4.69) is 10.1 Å². The third-order valence-corrected chi connectivity index (χ3v) is 5.45. The fourth-order valence-electron chi connectivity index (χ4n) is 2.87. The van der Waals surface area contributed by atoms with Crippen LogP contribution < -0.4 is 0 Å². The highest BCUT2D eigenvalue weighted by Crippen LogP contribution is 2.27. The predicted octanol–water partition coefficient (Wildman–Crippen LogP) is 1.50. The Morgan fingerprint density at radius 3 is 2.83 bits per heavy atom. The third-order valence-electron chi connectivity index (χ3n) is 4.18. The standard InChI is InChI=1S/C15H21N5O2S/c1-3-19-10-13(7-17-19)15-9-16-8-14(18-15)12-5-4-6-20(11-12)23(2,21)22/h7-10,12H,3-6,11H2,1-2H3. The topological polar surface area (TPSA) is 81.0 Å². The van der Waals surface area contributed by atoms with Crippen LogP contribution in [0, 0.1) is 0 Å². The maximum Gasteiger partial charge on any atom is 0.211 e. The molecule has 0 N–H and O–H groups in total. The van der Waals surface area contributed by atoms with Gasteiger partial charge >= 0.3 is 0 Å². The highest BCUT2D eigenvalue weighted by Gasteiger charge is 2.28. The fourth-order valence-corrected chi connectivity index (χ4v) is 3.78. The van der Waals surface area contributed by atoms with E-state index in [-0.39, 0.29) is 5.92 Å². The number of aromatic nitrogens is 4. The van der Waals surface area contributed by atoms with E-state index in [0.717, 1.165) is 36.3 Å². The average molecular weight is 335 g/mol. The van der Waals surface area contributed by atoms with Crippen LogP contribution in [0.3, 0.4) is 0 Å². The van der Waals surface area contributed by atoms with Gasteiger partial charge in [-0.3, -0.25) is 9.67 Å². The first-order chi connectivity index (χ1) is 11.0. The lowest BCUT2D eigenvalue weighted by Crippen LogP contribution is -2.38. The number of nitrogens with zero attached hydrogens (tertiary/aromatic N) is 5. The van der Waals surface area contributed by atoms with Crippen molar-refractivity contribution in [1.29, 1.82) is 0 Å². The van der Waals surface area contributed by atoms with E-state index in [1.54, 1.807) is 18.6 Å². The summed E-state index contributed by atoms with van der Waals surface area (Å²) in [6.07, 6.45) is 10.2. The molecule has 2 aromatic rings. The van der Waals surface area contributed by atoms with E-state index >= 15 is 0 Å². The van der Waals surface area contributed by atoms with Gasteiger partial charge in [0.2, 0.25) is 10.0 Å². The zero-order valence-electron chi connectivity index (χ0n) is 13.4. The number of hydrogen-bond acceptors (Lipinski definition) is 5. The van der Waals surface area contributed by atoms with Crippen molar-refractivity contribution in [2.75, 3.05) is 19.3 Å². The van der Waals surface area contributed by atoms with Crippen LogP contribution in [-0.4, -0.2) is 51.8 Å². The van der Waals surface area contributed by atoms with Gasteiger partial charge in [0, 0.05) is 43.5 Å². The number of rotatable bonds is 4. The normalized spacial score (nSPS) is 19.8. The van der Waals surface area contributed by atoms with Crippen LogP contribution in [0.25, 0.3) is 11.3 Å². The van der Waals surface area contributed by atoms with Gasteiger partial charge in [0.25, 0.3) is 0 Å². The average Bonchev–Trinajstić information content (AvgIpc) is 3.03. The molecule has 7 nitrogen and oxygen atoms in total. The minimum Gasteiger partial charge on any atom is -0.272 e. The quantitative estimate of drug-likeness (QED) is 0.846. The van der Waals surface area contributed by atoms with Crippen molar-refractivity contribution >= 4 is 10.0 Å². The lowest BCUT2D eigenvalue weighted by molar-refractivity contribution is 0.314. The summed E-state index contributed by atoms with van der Waals surface area (Å²) >= 11 is 0. The highest BCUT2D eigenvalue weighted by molar-refractivity contribution is 7.88. The van der Waals surface area contributed by atoms with Crippen LogP contribution in [0.1, 0.15) is 31.4 Å². The molecule has 3 heterocycles. The van der Waals surface area contributed by atoms with Gasteiger partial charge in [0.15, 0.2) is 0 Å². The third kappa shape index (κ3) is 3.59. The van der Waals surface area contributed by atoms with E-state index in [0.29, 0.717) is 13.1 Å². The molecule has 1 unspecified atom stereocenters. The summed E-state index contributed by atoms with van der Waals surface area (Å²) in [5.41, 5.74) is 2.55. The van der Waals surface area contributed by atoms with Crippen LogP contribution in [-0.2, 0) is 16.6 Å². The Kier molecular flexibility index (Phi) is 4.45. The Morgan fingerprint density at radius 1 is 1.30 bits per heavy atom. The minimum atomic E-state index is -3.16. The van der Waals surface area contributed by atoms with Crippen molar-refractivity contribution in [3.8, 4) is 11.3 Å². The summed E-state index contributed by atoms with van der Waals surface area (Å²) in [5.74, 6) is 0.0899. The number of hydrogen-bond donors (Lipinski definition) is 0. The van der Waals surface area contributed by atoms with Crippen LogP contribution in [0.5, 0.6) is 0 Å². The molecular formula is C15H21N5O2S. The molecule has 0 amide bonds. The molecule has 0 saturated carbocycles. The smallest absolute Gasteiger partial charge is 0.211 e. The molecule has 3 rings (SSSR count). The van der Waals surface area contributed by atoms with Crippen molar-refractivity contribution in [3.05, 3.63) is 30.5 Å².